The molecule has 1 aromatic rings. The van der Waals surface area contributed by atoms with Gasteiger partial charge in [-0.25, -0.2) is 9.07 Å². The summed E-state index contributed by atoms with van der Waals surface area (Å²) in [6, 6.07) is 0. The average molecular weight is 187 g/mol. The smallest absolute Gasteiger partial charge is 0.110 e. The molecule has 3 heteroatoms. The molecule has 0 saturated carbocycles. The summed E-state index contributed by atoms with van der Waals surface area (Å²) in [7, 11) is 0. The minimum Gasteiger partial charge on any atom is -0.246 e. The maximum atomic E-state index is 5.81. The zero-order valence-corrected chi connectivity index (χ0v) is 8.22. The molecule has 1 aromatic heterocycles. The van der Waals surface area contributed by atoms with Crippen LogP contribution < -0.4 is 0 Å². The van der Waals surface area contributed by atoms with E-state index in [-0.39, 0.29) is 0 Å². The van der Waals surface area contributed by atoms with Crippen LogP contribution in [-0.2, 0) is 6.42 Å². The highest BCUT2D eigenvalue weighted by molar-refractivity contribution is 6.15. The molecule has 0 atom stereocenters. The van der Waals surface area contributed by atoms with Crippen molar-refractivity contribution in [1.82, 2.24) is 9.07 Å². The summed E-state index contributed by atoms with van der Waals surface area (Å²) in [6.07, 6.45) is 9.61. The quantitative estimate of drug-likeness (QED) is 0.647. The molecule has 0 radical (unpaired) electrons. The molecule has 0 unspecified atom stereocenters. The van der Waals surface area contributed by atoms with Crippen molar-refractivity contribution in [3.05, 3.63) is 18.2 Å². The van der Waals surface area contributed by atoms with E-state index in [4.69, 9.17) is 11.8 Å². The summed E-state index contributed by atoms with van der Waals surface area (Å²) in [4.78, 5) is 3.95. The van der Waals surface area contributed by atoms with Gasteiger partial charge in [0.2, 0.25) is 0 Å². The Morgan fingerprint density at radius 3 is 2.83 bits per heavy atom. The zero-order chi connectivity index (χ0) is 8.81. The van der Waals surface area contributed by atoms with E-state index in [0.717, 1.165) is 12.1 Å². The highest BCUT2D eigenvalue weighted by Gasteiger charge is 1.98. The van der Waals surface area contributed by atoms with E-state index in [1.807, 2.05) is 6.20 Å². The highest BCUT2D eigenvalue weighted by Crippen LogP contribution is 2.08. The molecule has 1 rings (SSSR count). The van der Waals surface area contributed by atoms with Crippen LogP contribution in [0.25, 0.3) is 0 Å². The van der Waals surface area contributed by atoms with Gasteiger partial charge in [0.15, 0.2) is 0 Å². The van der Waals surface area contributed by atoms with Gasteiger partial charge in [-0.15, -0.1) is 0 Å². The van der Waals surface area contributed by atoms with Crippen molar-refractivity contribution < 1.29 is 0 Å². The summed E-state index contributed by atoms with van der Waals surface area (Å²) >= 11 is 5.81. The van der Waals surface area contributed by atoms with Crippen LogP contribution in [0, 0.1) is 0 Å². The van der Waals surface area contributed by atoms with E-state index in [9.17, 15) is 0 Å². The number of hydrogen-bond acceptors (Lipinski definition) is 1. The first-order valence-corrected chi connectivity index (χ1v) is 4.85. The molecule has 0 aromatic carbocycles. The Labute approximate surface area is 78.7 Å². The number of unbranched alkanes of at least 4 members (excludes halogenated alkanes) is 3. The highest BCUT2D eigenvalue weighted by atomic mass is 35.5. The van der Waals surface area contributed by atoms with Crippen LogP contribution in [0.3, 0.4) is 0 Å². The Kier molecular flexibility index (Phi) is 4.15. The van der Waals surface area contributed by atoms with Crippen molar-refractivity contribution in [2.45, 2.75) is 39.0 Å². The fourth-order valence-electron chi connectivity index (χ4n) is 1.21. The predicted molar refractivity (Wildman–Crippen MR) is 51.3 cm³/mol. The lowest BCUT2D eigenvalue weighted by atomic mass is 10.1. The molecule has 0 aliphatic carbocycles. The molecule has 0 amide bonds. The minimum absolute atomic E-state index is 1.05. The van der Waals surface area contributed by atoms with Crippen molar-refractivity contribution in [2.75, 3.05) is 0 Å². The normalized spacial score (nSPS) is 10.5. The van der Waals surface area contributed by atoms with Gasteiger partial charge in [0, 0.05) is 18.0 Å². The van der Waals surface area contributed by atoms with Gasteiger partial charge in [-0.3, -0.25) is 0 Å². The third-order valence-corrected chi connectivity index (χ3v) is 2.26. The standard InChI is InChI=1S/C9H15ClN2/c1-2-3-4-5-6-9-7-11-8-12(9)10/h7-8H,2-6H2,1H3. The monoisotopic (exact) mass is 186 g/mol. The molecule has 68 valence electrons. The van der Waals surface area contributed by atoms with E-state index < -0.39 is 0 Å². The van der Waals surface area contributed by atoms with Crippen LogP contribution in [0.4, 0.5) is 0 Å². The van der Waals surface area contributed by atoms with Gasteiger partial charge in [-0.1, -0.05) is 26.2 Å². The Morgan fingerprint density at radius 2 is 2.25 bits per heavy atom. The van der Waals surface area contributed by atoms with Crippen molar-refractivity contribution in [2.24, 2.45) is 0 Å². The number of hydrogen-bond donors (Lipinski definition) is 0. The Hall–Kier alpha value is -0.500. The summed E-state index contributed by atoms with van der Waals surface area (Å²) in [5.74, 6) is 0. The SMILES string of the molecule is CCCCCCc1cncn1Cl. The largest absolute Gasteiger partial charge is 0.246 e. The van der Waals surface area contributed by atoms with Crippen molar-refractivity contribution in [3.63, 3.8) is 0 Å². The maximum Gasteiger partial charge on any atom is 0.110 e. The van der Waals surface area contributed by atoms with Gasteiger partial charge in [0.05, 0.1) is 5.69 Å². The Balaban J connectivity index is 2.20. The van der Waals surface area contributed by atoms with Crippen LogP contribution in [0.5, 0.6) is 0 Å². The number of imidazole rings is 1. The van der Waals surface area contributed by atoms with Crippen LogP contribution >= 0.6 is 11.8 Å². The lowest BCUT2D eigenvalue weighted by molar-refractivity contribution is 0.659. The molecule has 0 aliphatic heterocycles. The molecule has 0 N–H and O–H groups in total. The summed E-state index contributed by atoms with van der Waals surface area (Å²) in [5, 5.41) is 0. The first-order valence-electron chi connectivity index (χ1n) is 4.52. The molecule has 2 nitrogen and oxygen atoms in total. The molecule has 0 fully saturated rings. The summed E-state index contributed by atoms with van der Waals surface area (Å²) < 4.78 is 1.58. The van der Waals surface area contributed by atoms with E-state index >= 15 is 0 Å². The molecular weight excluding hydrogens is 172 g/mol. The molecule has 0 bridgehead atoms. The average Bonchev–Trinajstić information content (AvgIpc) is 2.46. The van der Waals surface area contributed by atoms with Crippen LogP contribution in [-0.4, -0.2) is 9.07 Å². The molecule has 0 saturated heterocycles. The third kappa shape index (κ3) is 2.86. The van der Waals surface area contributed by atoms with Gasteiger partial charge >= 0.3 is 0 Å². The zero-order valence-electron chi connectivity index (χ0n) is 7.46. The predicted octanol–water partition coefficient (Wildman–Crippen LogP) is 3.01. The minimum atomic E-state index is 1.05. The number of nitrogens with zero attached hydrogens (tertiary/aromatic N) is 2. The number of aryl methyl sites for hydroxylation is 1. The topological polar surface area (TPSA) is 17.8 Å². The summed E-state index contributed by atoms with van der Waals surface area (Å²) in [5.41, 5.74) is 1.12. The molecule has 1 heterocycles. The van der Waals surface area contributed by atoms with Gasteiger partial charge < -0.3 is 0 Å². The van der Waals surface area contributed by atoms with E-state index in [1.165, 1.54) is 25.7 Å². The van der Waals surface area contributed by atoms with Crippen LogP contribution in [0.1, 0.15) is 38.3 Å². The molecule has 12 heavy (non-hydrogen) atoms. The van der Waals surface area contributed by atoms with E-state index in [0.29, 0.717) is 0 Å². The van der Waals surface area contributed by atoms with Gasteiger partial charge in [0.1, 0.15) is 6.33 Å². The number of halogens is 1. The van der Waals surface area contributed by atoms with E-state index in [1.54, 1.807) is 10.4 Å². The van der Waals surface area contributed by atoms with Crippen molar-refractivity contribution in [3.8, 4) is 0 Å². The molecular formula is C9H15ClN2. The fraction of sp³-hybridized carbons (Fsp3) is 0.667. The van der Waals surface area contributed by atoms with E-state index in [2.05, 4.69) is 11.9 Å². The van der Waals surface area contributed by atoms with Gasteiger partial charge in [0.25, 0.3) is 0 Å². The lowest BCUT2D eigenvalue weighted by Gasteiger charge is -1.98. The molecule has 0 spiro atoms. The summed E-state index contributed by atoms with van der Waals surface area (Å²) in [6.45, 7) is 2.21. The Morgan fingerprint density at radius 1 is 1.42 bits per heavy atom. The van der Waals surface area contributed by atoms with Crippen LogP contribution in [0.2, 0.25) is 0 Å². The third-order valence-electron chi connectivity index (χ3n) is 1.95. The first-order chi connectivity index (χ1) is 5.84. The molecule has 0 aliphatic rings. The van der Waals surface area contributed by atoms with Crippen LogP contribution in [0.15, 0.2) is 12.5 Å². The Bertz CT molecular complexity index is 220. The van der Waals surface area contributed by atoms with Crippen molar-refractivity contribution >= 4 is 11.8 Å². The fourth-order valence-corrected chi connectivity index (χ4v) is 1.39. The number of rotatable bonds is 5. The second kappa shape index (κ2) is 5.20. The van der Waals surface area contributed by atoms with Gasteiger partial charge in [-0.2, -0.15) is 0 Å². The number of aromatic nitrogens is 2. The maximum absolute atomic E-state index is 5.81. The van der Waals surface area contributed by atoms with Crippen molar-refractivity contribution in [1.29, 1.82) is 0 Å². The lowest BCUT2D eigenvalue weighted by Crippen LogP contribution is -1.90. The first kappa shape index (κ1) is 9.59. The van der Waals surface area contributed by atoms with Gasteiger partial charge in [-0.05, 0) is 12.8 Å². The second-order valence-electron chi connectivity index (χ2n) is 3.01. The second-order valence-corrected chi connectivity index (χ2v) is 3.37.